The minimum atomic E-state index is 0.380. The third kappa shape index (κ3) is 2.38. The van der Waals surface area contributed by atoms with Crippen molar-refractivity contribution in [2.24, 2.45) is 10.4 Å². The molecule has 0 aromatic rings. The fourth-order valence-electron chi connectivity index (χ4n) is 2.97. The second kappa shape index (κ2) is 3.82. The van der Waals surface area contributed by atoms with Gasteiger partial charge in [-0.05, 0) is 43.9 Å². The van der Waals surface area contributed by atoms with Gasteiger partial charge in [0.2, 0.25) is 0 Å². The van der Waals surface area contributed by atoms with Crippen LogP contribution in [0.4, 0.5) is 0 Å². The van der Waals surface area contributed by atoms with Gasteiger partial charge >= 0.3 is 0 Å². The summed E-state index contributed by atoms with van der Waals surface area (Å²) in [6.07, 6.45) is 10.5. The Morgan fingerprint density at radius 3 is 2.12 bits per heavy atom. The fraction of sp³-hybridized carbons (Fsp3) is 0.857. The van der Waals surface area contributed by atoms with E-state index in [-0.39, 0.29) is 0 Å². The van der Waals surface area contributed by atoms with Gasteiger partial charge in [-0.1, -0.05) is 0 Å². The molecule has 0 amide bonds. The topological polar surface area (TPSA) is 38.7 Å². The summed E-state index contributed by atoms with van der Waals surface area (Å²) in [6, 6.07) is 0. The van der Waals surface area contributed by atoms with Crippen LogP contribution in [0, 0.1) is 5.41 Å². The fourth-order valence-corrected chi connectivity index (χ4v) is 2.97. The number of ether oxygens (including phenoxy) is 1. The first-order valence-electron chi connectivity index (χ1n) is 6.80. The number of carbonyl (C=O) groups excluding carboxylic acids is 1. The summed E-state index contributed by atoms with van der Waals surface area (Å²) >= 11 is 0. The zero-order valence-corrected chi connectivity index (χ0v) is 10.6. The molecular formula is C14H21NO2. The molecule has 3 nitrogen and oxygen atoms in total. The van der Waals surface area contributed by atoms with Crippen LogP contribution in [-0.2, 0) is 9.53 Å². The van der Waals surface area contributed by atoms with E-state index in [0.29, 0.717) is 16.7 Å². The Balaban J connectivity index is 0.000000107. The van der Waals surface area contributed by atoms with E-state index in [0.717, 1.165) is 25.2 Å². The van der Waals surface area contributed by atoms with Crippen LogP contribution in [0.1, 0.15) is 57.8 Å². The molecule has 4 aliphatic rings. The van der Waals surface area contributed by atoms with E-state index in [4.69, 9.17) is 4.74 Å². The molecule has 0 saturated heterocycles. The van der Waals surface area contributed by atoms with E-state index in [1.54, 1.807) is 7.11 Å². The number of hydrogen-bond donors (Lipinski definition) is 0. The van der Waals surface area contributed by atoms with Crippen LogP contribution >= 0.6 is 0 Å². The Kier molecular flexibility index (Phi) is 2.53. The number of carbonyl (C=O) groups is 1. The van der Waals surface area contributed by atoms with Gasteiger partial charge in [-0.2, -0.15) is 0 Å². The summed E-state index contributed by atoms with van der Waals surface area (Å²) in [4.78, 5) is 15.1. The van der Waals surface area contributed by atoms with Crippen LogP contribution in [-0.4, -0.2) is 24.3 Å². The van der Waals surface area contributed by atoms with E-state index in [2.05, 4.69) is 4.99 Å². The summed E-state index contributed by atoms with van der Waals surface area (Å²) in [6.45, 7) is 0. The molecule has 0 radical (unpaired) electrons. The van der Waals surface area contributed by atoms with Crippen molar-refractivity contribution in [3.63, 3.8) is 0 Å². The molecule has 3 aliphatic carbocycles. The van der Waals surface area contributed by atoms with Crippen molar-refractivity contribution in [1.82, 2.24) is 0 Å². The predicted molar refractivity (Wildman–Crippen MR) is 66.2 cm³/mol. The van der Waals surface area contributed by atoms with Crippen LogP contribution in [0.5, 0.6) is 0 Å². The Morgan fingerprint density at radius 1 is 1.06 bits per heavy atom. The summed E-state index contributed by atoms with van der Waals surface area (Å²) < 4.78 is 5.04. The molecule has 4 rings (SSSR count). The predicted octanol–water partition coefficient (Wildman–Crippen LogP) is 2.88. The molecule has 0 aromatic carbocycles. The van der Waals surface area contributed by atoms with Crippen molar-refractivity contribution in [2.45, 2.75) is 63.3 Å². The van der Waals surface area contributed by atoms with Crippen molar-refractivity contribution in [3.05, 3.63) is 0 Å². The lowest BCUT2D eigenvalue weighted by Crippen LogP contribution is -1.95. The van der Waals surface area contributed by atoms with Gasteiger partial charge < -0.3 is 4.74 Å². The zero-order valence-electron chi connectivity index (χ0n) is 10.6. The lowest BCUT2D eigenvalue weighted by atomic mass is 10.1. The number of nitrogens with zero attached hydrogens (tertiary/aromatic N) is 1. The molecule has 1 heterocycles. The minimum absolute atomic E-state index is 0.380. The number of hydrogen-bond acceptors (Lipinski definition) is 3. The van der Waals surface area contributed by atoms with Gasteiger partial charge in [-0.3, -0.25) is 4.79 Å². The van der Waals surface area contributed by atoms with Crippen LogP contribution in [0.2, 0.25) is 0 Å². The maximum atomic E-state index is 10.7. The molecule has 0 unspecified atom stereocenters. The normalized spacial score (nSPS) is 29.9. The molecule has 0 N–H and O–H groups in total. The van der Waals surface area contributed by atoms with Crippen molar-refractivity contribution >= 4 is 11.7 Å². The second-order valence-electron chi connectivity index (χ2n) is 6.15. The lowest BCUT2D eigenvalue weighted by Gasteiger charge is -1.96. The summed E-state index contributed by atoms with van der Waals surface area (Å²) in [5, 5.41) is 0. The van der Waals surface area contributed by atoms with Gasteiger partial charge in [0.15, 0.2) is 5.90 Å². The third-order valence-corrected chi connectivity index (χ3v) is 4.69. The molecule has 3 fully saturated rings. The summed E-state index contributed by atoms with van der Waals surface area (Å²) in [5.41, 5.74) is 0.947. The van der Waals surface area contributed by atoms with Gasteiger partial charge in [-0.15, -0.1) is 0 Å². The van der Waals surface area contributed by atoms with E-state index < -0.39 is 0 Å². The highest BCUT2D eigenvalue weighted by Crippen LogP contribution is 2.56. The van der Waals surface area contributed by atoms with E-state index in [1.165, 1.54) is 38.5 Å². The number of aliphatic imine (C=N–C) groups is 1. The average Bonchev–Trinajstić information content (AvgIpc) is 3.14. The highest BCUT2D eigenvalue weighted by atomic mass is 16.5. The van der Waals surface area contributed by atoms with Crippen LogP contribution in [0.15, 0.2) is 4.99 Å². The molecule has 1 aliphatic heterocycles. The quantitative estimate of drug-likeness (QED) is 0.647. The second-order valence-corrected chi connectivity index (χ2v) is 6.15. The molecule has 3 heteroatoms. The Bertz CT molecular complexity index is 364. The SMILES string of the molecule is COC1=NC2(CC1)CC2.O=C1CCC2(CC2)C1. The molecule has 94 valence electrons. The number of Topliss-reactive ketones (excluding diaryl/α,β-unsaturated/α-hetero) is 1. The summed E-state index contributed by atoms with van der Waals surface area (Å²) in [5.74, 6) is 1.47. The molecule has 2 spiro atoms. The lowest BCUT2D eigenvalue weighted by molar-refractivity contribution is -0.117. The van der Waals surface area contributed by atoms with Gasteiger partial charge in [0.25, 0.3) is 0 Å². The zero-order chi connectivity index (χ0) is 11.9. The molecule has 17 heavy (non-hydrogen) atoms. The van der Waals surface area contributed by atoms with Gasteiger partial charge in [0.05, 0.1) is 12.6 Å². The van der Waals surface area contributed by atoms with E-state index in [1.807, 2.05) is 0 Å². The van der Waals surface area contributed by atoms with Crippen LogP contribution < -0.4 is 0 Å². The Hall–Kier alpha value is -0.860. The maximum absolute atomic E-state index is 10.7. The van der Waals surface area contributed by atoms with Crippen LogP contribution in [0.3, 0.4) is 0 Å². The largest absolute Gasteiger partial charge is 0.484 e. The van der Waals surface area contributed by atoms with E-state index in [9.17, 15) is 4.79 Å². The number of rotatable bonds is 0. The van der Waals surface area contributed by atoms with Crippen molar-refractivity contribution < 1.29 is 9.53 Å². The van der Waals surface area contributed by atoms with Crippen LogP contribution in [0.25, 0.3) is 0 Å². The number of ketones is 1. The first-order valence-corrected chi connectivity index (χ1v) is 6.80. The van der Waals surface area contributed by atoms with Crippen molar-refractivity contribution in [2.75, 3.05) is 7.11 Å². The monoisotopic (exact) mass is 235 g/mol. The first-order chi connectivity index (χ1) is 8.15. The van der Waals surface area contributed by atoms with Gasteiger partial charge in [0, 0.05) is 19.3 Å². The van der Waals surface area contributed by atoms with Gasteiger partial charge in [-0.25, -0.2) is 4.99 Å². The molecule has 0 bridgehead atoms. The van der Waals surface area contributed by atoms with Crippen molar-refractivity contribution in [3.8, 4) is 0 Å². The molecule has 3 saturated carbocycles. The maximum Gasteiger partial charge on any atom is 0.183 e. The average molecular weight is 235 g/mol. The molecular weight excluding hydrogens is 214 g/mol. The third-order valence-electron chi connectivity index (χ3n) is 4.69. The smallest absolute Gasteiger partial charge is 0.183 e. The van der Waals surface area contributed by atoms with Gasteiger partial charge in [0.1, 0.15) is 5.78 Å². The Labute approximate surface area is 103 Å². The Morgan fingerprint density at radius 2 is 1.82 bits per heavy atom. The molecule has 0 atom stereocenters. The summed E-state index contributed by atoms with van der Waals surface area (Å²) in [7, 11) is 1.71. The highest BCUT2D eigenvalue weighted by Gasteiger charge is 2.47. The highest BCUT2D eigenvalue weighted by molar-refractivity contribution is 5.82. The van der Waals surface area contributed by atoms with E-state index >= 15 is 0 Å². The minimum Gasteiger partial charge on any atom is -0.484 e. The standard InChI is InChI=1S/C7H11NO.C7H10O/c1-9-6-2-3-7(8-6)4-5-7;8-6-1-2-7(5-6)3-4-7/h2-5H2,1H3;1-5H2. The first kappa shape index (κ1) is 11.2. The number of methoxy groups -OCH3 is 1. The molecule has 0 aromatic heterocycles. The van der Waals surface area contributed by atoms with Crippen molar-refractivity contribution in [1.29, 1.82) is 0 Å².